The van der Waals surface area contributed by atoms with E-state index < -0.39 is 5.97 Å². The Labute approximate surface area is 161 Å². The molecule has 8 heteroatoms. The molecule has 6 nitrogen and oxygen atoms in total. The maximum atomic E-state index is 13.7. The minimum Gasteiger partial charge on any atom is -0.480 e. The predicted molar refractivity (Wildman–Crippen MR) is 100 cm³/mol. The lowest BCUT2D eigenvalue weighted by molar-refractivity contribution is -0.139. The molecule has 1 heterocycles. The Balaban J connectivity index is 1.51. The van der Waals surface area contributed by atoms with Gasteiger partial charge in [-0.25, -0.2) is 9.37 Å². The van der Waals surface area contributed by atoms with Crippen LogP contribution in [0.5, 0.6) is 0 Å². The number of rotatable bonds is 8. The van der Waals surface area contributed by atoms with E-state index in [-0.39, 0.29) is 30.4 Å². The molecule has 2 N–H and O–H groups in total. The third kappa shape index (κ3) is 4.90. The Hall–Kier alpha value is -2.32. The number of carbonyl (C=O) groups is 2. The highest BCUT2D eigenvalue weighted by molar-refractivity contribution is 7.13. The van der Waals surface area contributed by atoms with Crippen LogP contribution < -0.4 is 5.32 Å². The van der Waals surface area contributed by atoms with E-state index in [2.05, 4.69) is 10.3 Å². The number of aromatic nitrogens is 1. The van der Waals surface area contributed by atoms with Crippen molar-refractivity contribution in [2.45, 2.75) is 38.3 Å². The molecule has 0 bridgehead atoms. The summed E-state index contributed by atoms with van der Waals surface area (Å²) in [7, 11) is 0. The van der Waals surface area contributed by atoms with Crippen molar-refractivity contribution in [1.82, 2.24) is 15.2 Å². The molecule has 0 unspecified atom stereocenters. The van der Waals surface area contributed by atoms with Gasteiger partial charge < -0.3 is 10.4 Å². The monoisotopic (exact) mass is 391 g/mol. The highest BCUT2D eigenvalue weighted by Crippen LogP contribution is 2.26. The second kappa shape index (κ2) is 8.58. The zero-order chi connectivity index (χ0) is 19.4. The van der Waals surface area contributed by atoms with Gasteiger partial charge in [-0.2, -0.15) is 0 Å². The molecule has 0 radical (unpaired) electrons. The number of carboxylic acid groups (broad SMARTS) is 1. The minimum atomic E-state index is -0.837. The molecule has 0 saturated heterocycles. The normalized spacial score (nSPS) is 18.9. The number of thiazole rings is 1. The van der Waals surface area contributed by atoms with Gasteiger partial charge >= 0.3 is 5.97 Å². The van der Waals surface area contributed by atoms with E-state index >= 15 is 0 Å². The van der Waals surface area contributed by atoms with Crippen LogP contribution in [0.15, 0.2) is 30.5 Å². The standard InChI is InChI=1S/C19H22FN3O3S/c1-2-23(11-18(24)25)14-8-13(9-14)22-19(26)16-10-21-17(27-16)7-12-5-3-4-6-15(12)20/h3-6,10,13-14H,2,7-9,11H2,1H3,(H,22,26)(H,24,25). The van der Waals surface area contributed by atoms with Gasteiger partial charge in [0.25, 0.3) is 5.91 Å². The van der Waals surface area contributed by atoms with Gasteiger partial charge in [0, 0.05) is 18.5 Å². The Kier molecular flexibility index (Phi) is 6.18. The van der Waals surface area contributed by atoms with Crippen LogP contribution in [-0.4, -0.2) is 52.0 Å². The van der Waals surface area contributed by atoms with Crippen LogP contribution in [-0.2, 0) is 11.2 Å². The van der Waals surface area contributed by atoms with Gasteiger partial charge in [-0.15, -0.1) is 11.3 Å². The third-order valence-electron chi connectivity index (χ3n) is 4.79. The lowest BCUT2D eigenvalue weighted by Crippen LogP contribution is -2.54. The van der Waals surface area contributed by atoms with E-state index in [4.69, 9.17) is 5.11 Å². The van der Waals surface area contributed by atoms with Crippen molar-refractivity contribution in [2.24, 2.45) is 0 Å². The van der Waals surface area contributed by atoms with E-state index in [1.54, 1.807) is 18.2 Å². The molecule has 144 valence electrons. The largest absolute Gasteiger partial charge is 0.480 e. The van der Waals surface area contributed by atoms with Crippen molar-refractivity contribution >= 4 is 23.2 Å². The lowest BCUT2D eigenvalue weighted by Gasteiger charge is -2.42. The molecule has 1 amide bonds. The lowest BCUT2D eigenvalue weighted by atomic mass is 9.85. The van der Waals surface area contributed by atoms with Crippen molar-refractivity contribution < 1.29 is 19.1 Å². The average Bonchev–Trinajstić information content (AvgIpc) is 3.06. The fourth-order valence-electron chi connectivity index (χ4n) is 3.23. The van der Waals surface area contributed by atoms with E-state index in [1.165, 1.54) is 23.6 Å². The number of likely N-dealkylation sites (N-methyl/N-ethyl adjacent to an activating group) is 1. The number of hydrogen-bond acceptors (Lipinski definition) is 5. The summed E-state index contributed by atoms with van der Waals surface area (Å²) < 4.78 is 13.7. The van der Waals surface area contributed by atoms with E-state index in [9.17, 15) is 14.0 Å². The molecular formula is C19H22FN3O3S. The molecule has 0 spiro atoms. The number of hydrogen-bond donors (Lipinski definition) is 2. The van der Waals surface area contributed by atoms with E-state index in [0.29, 0.717) is 28.4 Å². The zero-order valence-corrected chi connectivity index (χ0v) is 15.8. The highest BCUT2D eigenvalue weighted by Gasteiger charge is 2.35. The van der Waals surface area contributed by atoms with Crippen molar-refractivity contribution in [3.05, 3.63) is 51.7 Å². The van der Waals surface area contributed by atoms with Gasteiger partial charge in [-0.1, -0.05) is 25.1 Å². The zero-order valence-electron chi connectivity index (χ0n) is 15.0. The van der Waals surface area contributed by atoms with Crippen LogP contribution in [0.2, 0.25) is 0 Å². The first-order valence-corrected chi connectivity index (χ1v) is 9.72. The Morgan fingerprint density at radius 3 is 2.78 bits per heavy atom. The van der Waals surface area contributed by atoms with Crippen molar-refractivity contribution in [1.29, 1.82) is 0 Å². The number of amides is 1. The number of nitrogens with zero attached hydrogens (tertiary/aromatic N) is 2. The van der Waals surface area contributed by atoms with Crippen LogP contribution in [0, 0.1) is 5.82 Å². The van der Waals surface area contributed by atoms with Crippen molar-refractivity contribution in [3.63, 3.8) is 0 Å². The fraction of sp³-hybridized carbons (Fsp3) is 0.421. The van der Waals surface area contributed by atoms with Gasteiger partial charge in [0.1, 0.15) is 10.7 Å². The molecule has 1 aromatic carbocycles. The van der Waals surface area contributed by atoms with Crippen LogP contribution in [0.25, 0.3) is 0 Å². The van der Waals surface area contributed by atoms with Gasteiger partial charge in [0.05, 0.1) is 17.7 Å². The number of aliphatic carboxylic acids is 1. The summed E-state index contributed by atoms with van der Waals surface area (Å²) in [5, 5.41) is 12.6. The summed E-state index contributed by atoms with van der Waals surface area (Å²) in [4.78, 5) is 29.9. The first-order chi connectivity index (χ1) is 13.0. The topological polar surface area (TPSA) is 82.5 Å². The predicted octanol–water partition coefficient (Wildman–Crippen LogP) is 2.54. The smallest absolute Gasteiger partial charge is 0.317 e. The van der Waals surface area contributed by atoms with Crippen molar-refractivity contribution in [2.75, 3.05) is 13.1 Å². The van der Waals surface area contributed by atoms with E-state index in [0.717, 1.165) is 12.8 Å². The molecule has 1 aromatic heterocycles. The number of nitrogens with one attached hydrogen (secondary N) is 1. The summed E-state index contributed by atoms with van der Waals surface area (Å²) in [6, 6.07) is 6.77. The molecule has 0 aliphatic heterocycles. The van der Waals surface area contributed by atoms with Crippen LogP contribution in [0.4, 0.5) is 4.39 Å². The average molecular weight is 391 g/mol. The molecule has 1 aliphatic rings. The second-order valence-electron chi connectivity index (χ2n) is 6.64. The summed E-state index contributed by atoms with van der Waals surface area (Å²) in [6.07, 6.45) is 3.37. The Bertz CT molecular complexity index is 820. The van der Waals surface area contributed by atoms with Crippen LogP contribution >= 0.6 is 11.3 Å². The summed E-state index contributed by atoms with van der Waals surface area (Å²) >= 11 is 1.26. The summed E-state index contributed by atoms with van der Waals surface area (Å²) in [5.74, 6) is -1.30. The second-order valence-corrected chi connectivity index (χ2v) is 7.75. The van der Waals surface area contributed by atoms with Gasteiger partial charge in [-0.05, 0) is 31.0 Å². The molecule has 1 aliphatic carbocycles. The van der Waals surface area contributed by atoms with Gasteiger partial charge in [0.2, 0.25) is 0 Å². The molecule has 0 atom stereocenters. The van der Waals surface area contributed by atoms with Crippen LogP contribution in [0.1, 0.15) is 40.0 Å². The summed E-state index contributed by atoms with van der Waals surface area (Å²) in [6.45, 7) is 2.63. The Morgan fingerprint density at radius 1 is 1.37 bits per heavy atom. The first-order valence-electron chi connectivity index (χ1n) is 8.91. The highest BCUT2D eigenvalue weighted by atomic mass is 32.1. The molecule has 3 rings (SSSR count). The number of benzene rings is 1. The van der Waals surface area contributed by atoms with Crippen molar-refractivity contribution in [3.8, 4) is 0 Å². The minimum absolute atomic E-state index is 0.0239. The van der Waals surface area contributed by atoms with Crippen LogP contribution in [0.3, 0.4) is 0 Å². The number of carboxylic acids is 1. The molecular weight excluding hydrogens is 369 g/mol. The molecule has 27 heavy (non-hydrogen) atoms. The Morgan fingerprint density at radius 2 is 2.11 bits per heavy atom. The number of carbonyl (C=O) groups excluding carboxylic acids is 1. The maximum absolute atomic E-state index is 13.7. The molecule has 1 saturated carbocycles. The quantitative estimate of drug-likeness (QED) is 0.723. The van der Waals surface area contributed by atoms with E-state index in [1.807, 2.05) is 11.8 Å². The SMILES string of the molecule is CCN(CC(=O)O)C1CC(NC(=O)c2cnc(Cc3ccccc3F)s2)C1. The fourth-order valence-corrected chi connectivity index (χ4v) is 4.08. The summed E-state index contributed by atoms with van der Waals surface area (Å²) in [5.41, 5.74) is 0.554. The molecule has 2 aromatic rings. The maximum Gasteiger partial charge on any atom is 0.317 e. The molecule has 1 fully saturated rings. The number of halogens is 1. The first kappa shape index (κ1) is 19.4. The van der Waals surface area contributed by atoms with Gasteiger partial charge in [0.15, 0.2) is 0 Å². The van der Waals surface area contributed by atoms with Gasteiger partial charge in [-0.3, -0.25) is 14.5 Å². The third-order valence-corrected chi connectivity index (χ3v) is 5.78.